The van der Waals surface area contributed by atoms with E-state index in [1.54, 1.807) is 0 Å². The average Bonchev–Trinajstić information content (AvgIpc) is 2.86. The van der Waals surface area contributed by atoms with Crippen LogP contribution in [0.2, 0.25) is 5.02 Å². The first-order valence-corrected chi connectivity index (χ1v) is 7.22. The second-order valence-electron chi connectivity index (χ2n) is 4.39. The number of nitrogens with zero attached hydrogens (tertiary/aromatic N) is 4. The number of aromatic nitrogens is 2. The van der Waals surface area contributed by atoms with Crippen molar-refractivity contribution in [3.8, 4) is 0 Å². The summed E-state index contributed by atoms with van der Waals surface area (Å²) < 4.78 is 4.02. The molecular weight excluding hydrogens is 282 g/mol. The molecule has 2 aromatic rings. The van der Waals surface area contributed by atoms with E-state index in [1.807, 2.05) is 18.2 Å². The lowest BCUT2D eigenvalue weighted by Gasteiger charge is -2.35. The topological polar surface area (TPSA) is 58.3 Å². The Morgan fingerprint density at radius 3 is 2.53 bits per heavy atom. The Morgan fingerprint density at radius 1 is 1.16 bits per heavy atom. The molecule has 19 heavy (non-hydrogen) atoms. The van der Waals surface area contributed by atoms with Crippen LogP contribution < -0.4 is 15.5 Å². The molecule has 1 aromatic carbocycles. The highest BCUT2D eigenvalue weighted by Crippen LogP contribution is 2.24. The molecule has 1 saturated heterocycles. The van der Waals surface area contributed by atoms with Gasteiger partial charge in [-0.25, -0.2) is 0 Å². The fourth-order valence-corrected chi connectivity index (χ4v) is 3.02. The first kappa shape index (κ1) is 12.5. The van der Waals surface area contributed by atoms with E-state index in [2.05, 4.69) is 25.2 Å². The highest BCUT2D eigenvalue weighted by Gasteiger charge is 2.20. The lowest BCUT2D eigenvalue weighted by Crippen LogP contribution is -2.46. The van der Waals surface area contributed by atoms with Crippen LogP contribution in [0.15, 0.2) is 24.3 Å². The third kappa shape index (κ3) is 2.74. The van der Waals surface area contributed by atoms with Gasteiger partial charge in [0.2, 0.25) is 11.1 Å². The van der Waals surface area contributed by atoms with Gasteiger partial charge in [0, 0.05) is 48.4 Å². The van der Waals surface area contributed by atoms with Gasteiger partial charge < -0.3 is 15.5 Å². The van der Waals surface area contributed by atoms with Crippen molar-refractivity contribution in [1.82, 2.24) is 9.36 Å². The van der Waals surface area contributed by atoms with Crippen molar-refractivity contribution in [1.29, 1.82) is 0 Å². The van der Waals surface area contributed by atoms with Gasteiger partial charge in [0.25, 0.3) is 0 Å². The minimum Gasteiger partial charge on any atom is -0.368 e. The average molecular weight is 296 g/mol. The van der Waals surface area contributed by atoms with Gasteiger partial charge in [0.05, 0.1) is 0 Å². The fraction of sp³-hybridized carbons (Fsp3) is 0.333. The molecule has 3 rings (SSSR count). The standard InChI is InChI=1S/C12H14ClN5S/c13-9-2-1-3-10(8-9)17-4-6-18(7-5-17)12-15-11(14)16-19-12/h1-3,8H,4-7H2,(H2,14,16). The third-order valence-electron chi connectivity index (χ3n) is 3.15. The number of benzene rings is 1. The molecule has 2 N–H and O–H groups in total. The molecule has 100 valence electrons. The van der Waals surface area contributed by atoms with Gasteiger partial charge in [0.15, 0.2) is 0 Å². The van der Waals surface area contributed by atoms with Gasteiger partial charge in [-0.15, -0.1) is 0 Å². The van der Waals surface area contributed by atoms with Gasteiger partial charge >= 0.3 is 0 Å². The van der Waals surface area contributed by atoms with Crippen LogP contribution in [0.4, 0.5) is 16.8 Å². The van der Waals surface area contributed by atoms with Crippen LogP contribution in [0.1, 0.15) is 0 Å². The number of anilines is 3. The largest absolute Gasteiger partial charge is 0.368 e. The lowest BCUT2D eigenvalue weighted by atomic mass is 10.2. The predicted molar refractivity (Wildman–Crippen MR) is 80.2 cm³/mol. The van der Waals surface area contributed by atoms with Crippen LogP contribution in [0.5, 0.6) is 0 Å². The van der Waals surface area contributed by atoms with Gasteiger partial charge in [-0.2, -0.15) is 9.36 Å². The summed E-state index contributed by atoms with van der Waals surface area (Å²) in [7, 11) is 0. The molecule has 7 heteroatoms. The second kappa shape index (κ2) is 5.22. The molecular formula is C12H14ClN5S. The predicted octanol–water partition coefficient (Wildman–Crippen LogP) is 2.10. The first-order valence-electron chi connectivity index (χ1n) is 6.07. The van der Waals surface area contributed by atoms with E-state index in [9.17, 15) is 0 Å². The summed E-state index contributed by atoms with van der Waals surface area (Å²) in [6.07, 6.45) is 0. The summed E-state index contributed by atoms with van der Waals surface area (Å²) in [6, 6.07) is 7.96. The van der Waals surface area contributed by atoms with Crippen molar-refractivity contribution in [3.05, 3.63) is 29.3 Å². The molecule has 0 aliphatic carbocycles. The van der Waals surface area contributed by atoms with Crippen LogP contribution in [-0.4, -0.2) is 35.5 Å². The number of piperazine rings is 1. The second-order valence-corrected chi connectivity index (χ2v) is 5.56. The number of halogens is 1. The van der Waals surface area contributed by atoms with E-state index in [4.69, 9.17) is 17.3 Å². The van der Waals surface area contributed by atoms with Crippen LogP contribution in [0.3, 0.4) is 0 Å². The normalized spacial score (nSPS) is 15.8. The zero-order chi connectivity index (χ0) is 13.2. The van der Waals surface area contributed by atoms with Crippen molar-refractivity contribution in [2.24, 2.45) is 0 Å². The fourth-order valence-electron chi connectivity index (χ4n) is 2.18. The van der Waals surface area contributed by atoms with Crippen LogP contribution in [0.25, 0.3) is 0 Å². The van der Waals surface area contributed by atoms with Gasteiger partial charge in [-0.3, -0.25) is 0 Å². The van der Waals surface area contributed by atoms with E-state index in [1.165, 1.54) is 17.2 Å². The number of nitrogens with two attached hydrogens (primary N) is 1. The third-order valence-corrected chi connectivity index (χ3v) is 4.18. The molecule has 0 radical (unpaired) electrons. The number of nitrogen functional groups attached to an aromatic ring is 1. The molecule has 1 aliphatic heterocycles. The van der Waals surface area contributed by atoms with Gasteiger partial charge in [-0.1, -0.05) is 17.7 Å². The van der Waals surface area contributed by atoms with E-state index in [0.29, 0.717) is 5.95 Å². The Kier molecular flexibility index (Phi) is 3.44. The van der Waals surface area contributed by atoms with Crippen molar-refractivity contribution >= 4 is 39.9 Å². The summed E-state index contributed by atoms with van der Waals surface area (Å²) in [5, 5.41) is 1.68. The maximum Gasteiger partial charge on any atom is 0.233 e. The highest BCUT2D eigenvalue weighted by molar-refractivity contribution is 7.09. The SMILES string of the molecule is Nc1nsc(N2CCN(c3cccc(Cl)c3)CC2)n1. The summed E-state index contributed by atoms with van der Waals surface area (Å²) in [6.45, 7) is 3.72. The molecule has 0 bridgehead atoms. The zero-order valence-corrected chi connectivity index (χ0v) is 11.9. The maximum atomic E-state index is 6.02. The van der Waals surface area contributed by atoms with Gasteiger partial charge in [-0.05, 0) is 18.2 Å². The first-order chi connectivity index (χ1) is 9.22. The quantitative estimate of drug-likeness (QED) is 0.919. The molecule has 0 unspecified atom stereocenters. The Hall–Kier alpha value is -1.53. The molecule has 0 spiro atoms. The summed E-state index contributed by atoms with van der Waals surface area (Å²) >= 11 is 7.38. The van der Waals surface area contributed by atoms with E-state index < -0.39 is 0 Å². The number of hydrogen-bond donors (Lipinski definition) is 1. The van der Waals surface area contributed by atoms with E-state index in [0.717, 1.165) is 36.3 Å². The molecule has 1 fully saturated rings. The summed E-state index contributed by atoms with van der Waals surface area (Å²) in [5.41, 5.74) is 6.73. The van der Waals surface area contributed by atoms with Crippen molar-refractivity contribution in [2.45, 2.75) is 0 Å². The molecule has 0 atom stereocenters. The van der Waals surface area contributed by atoms with Gasteiger partial charge in [0.1, 0.15) is 0 Å². The minimum absolute atomic E-state index is 0.359. The minimum atomic E-state index is 0.359. The molecule has 1 aliphatic rings. The number of hydrogen-bond acceptors (Lipinski definition) is 6. The van der Waals surface area contributed by atoms with E-state index in [-0.39, 0.29) is 0 Å². The van der Waals surface area contributed by atoms with E-state index >= 15 is 0 Å². The summed E-state index contributed by atoms with van der Waals surface area (Å²) in [4.78, 5) is 8.76. The Balaban J connectivity index is 1.66. The summed E-state index contributed by atoms with van der Waals surface area (Å²) in [5.74, 6) is 0.359. The monoisotopic (exact) mass is 295 g/mol. The Labute approximate surface area is 120 Å². The van der Waals surface area contributed by atoms with Crippen molar-refractivity contribution in [2.75, 3.05) is 41.7 Å². The molecule has 2 heterocycles. The van der Waals surface area contributed by atoms with Crippen LogP contribution in [-0.2, 0) is 0 Å². The molecule has 1 aromatic heterocycles. The lowest BCUT2D eigenvalue weighted by molar-refractivity contribution is 0.652. The van der Waals surface area contributed by atoms with Crippen molar-refractivity contribution < 1.29 is 0 Å². The maximum absolute atomic E-state index is 6.02. The van der Waals surface area contributed by atoms with Crippen LogP contribution in [0, 0.1) is 0 Å². The Bertz CT molecular complexity index is 565. The Morgan fingerprint density at radius 2 is 1.89 bits per heavy atom. The highest BCUT2D eigenvalue weighted by atomic mass is 35.5. The molecule has 0 saturated carbocycles. The smallest absolute Gasteiger partial charge is 0.233 e. The molecule has 0 amide bonds. The number of rotatable bonds is 2. The van der Waals surface area contributed by atoms with Crippen molar-refractivity contribution in [3.63, 3.8) is 0 Å². The zero-order valence-electron chi connectivity index (χ0n) is 10.3. The van der Waals surface area contributed by atoms with Crippen LogP contribution >= 0.6 is 23.1 Å². The molecule has 5 nitrogen and oxygen atoms in total.